The minimum Gasteiger partial charge on any atom is -0.316 e. The average Bonchev–Trinajstić information content (AvgIpc) is 2.71. The summed E-state index contributed by atoms with van der Waals surface area (Å²) in [5, 5.41) is 3.56. The van der Waals surface area contributed by atoms with Gasteiger partial charge in [0.2, 0.25) is 0 Å². The normalized spacial score (nSPS) is 30.5. The van der Waals surface area contributed by atoms with Gasteiger partial charge in [0.15, 0.2) is 0 Å². The molecule has 1 N–H and O–H groups in total. The van der Waals surface area contributed by atoms with Crippen molar-refractivity contribution in [1.82, 2.24) is 15.1 Å². The Balaban J connectivity index is 1.82. The number of rotatable bonds is 5. The van der Waals surface area contributed by atoms with E-state index in [-0.39, 0.29) is 0 Å². The van der Waals surface area contributed by atoms with Crippen LogP contribution in [0.4, 0.5) is 0 Å². The molecule has 3 heteroatoms. The van der Waals surface area contributed by atoms with E-state index in [0.29, 0.717) is 0 Å². The Hall–Kier alpha value is -0.120. The van der Waals surface area contributed by atoms with Crippen molar-refractivity contribution < 1.29 is 0 Å². The Morgan fingerprint density at radius 2 is 2.00 bits per heavy atom. The second-order valence-electron chi connectivity index (χ2n) is 6.32. The van der Waals surface area contributed by atoms with Crippen molar-refractivity contribution in [1.29, 1.82) is 0 Å². The van der Waals surface area contributed by atoms with Crippen molar-refractivity contribution in [3.05, 3.63) is 0 Å². The topological polar surface area (TPSA) is 18.5 Å². The van der Waals surface area contributed by atoms with Gasteiger partial charge in [-0.05, 0) is 77.3 Å². The zero-order valence-electron chi connectivity index (χ0n) is 13.0. The molecule has 0 saturated carbocycles. The van der Waals surface area contributed by atoms with Gasteiger partial charge in [0.1, 0.15) is 0 Å². The van der Waals surface area contributed by atoms with E-state index in [0.717, 1.165) is 12.0 Å². The second-order valence-corrected chi connectivity index (χ2v) is 6.32. The SMILES string of the molecule is CCN1CCCC(N(CC)CC2CCCNC2)CC1. The van der Waals surface area contributed by atoms with Gasteiger partial charge in [-0.2, -0.15) is 0 Å². The molecule has 0 spiro atoms. The Kier molecular flexibility index (Phi) is 6.62. The van der Waals surface area contributed by atoms with Gasteiger partial charge >= 0.3 is 0 Å². The van der Waals surface area contributed by atoms with Crippen LogP contribution in [-0.2, 0) is 0 Å². The lowest BCUT2D eigenvalue weighted by Gasteiger charge is -2.35. The van der Waals surface area contributed by atoms with Gasteiger partial charge in [0.05, 0.1) is 0 Å². The van der Waals surface area contributed by atoms with Gasteiger partial charge in [-0.1, -0.05) is 13.8 Å². The molecule has 3 nitrogen and oxygen atoms in total. The van der Waals surface area contributed by atoms with E-state index in [1.54, 1.807) is 0 Å². The number of hydrogen-bond donors (Lipinski definition) is 1. The number of hydrogen-bond acceptors (Lipinski definition) is 3. The molecule has 0 aliphatic carbocycles. The molecule has 0 bridgehead atoms. The lowest BCUT2D eigenvalue weighted by atomic mass is 9.97. The maximum absolute atomic E-state index is 3.56. The van der Waals surface area contributed by atoms with Crippen LogP contribution in [0.1, 0.15) is 46.0 Å². The molecule has 2 saturated heterocycles. The summed E-state index contributed by atoms with van der Waals surface area (Å²) < 4.78 is 0. The highest BCUT2D eigenvalue weighted by molar-refractivity contribution is 4.80. The van der Waals surface area contributed by atoms with Gasteiger partial charge in [0, 0.05) is 12.6 Å². The highest BCUT2D eigenvalue weighted by atomic mass is 15.2. The Morgan fingerprint density at radius 3 is 2.68 bits per heavy atom. The van der Waals surface area contributed by atoms with E-state index in [4.69, 9.17) is 0 Å². The van der Waals surface area contributed by atoms with Crippen LogP contribution in [0.2, 0.25) is 0 Å². The maximum atomic E-state index is 3.56. The van der Waals surface area contributed by atoms with E-state index < -0.39 is 0 Å². The first-order chi connectivity index (χ1) is 9.33. The Morgan fingerprint density at radius 1 is 1.11 bits per heavy atom. The predicted molar refractivity (Wildman–Crippen MR) is 82.6 cm³/mol. The van der Waals surface area contributed by atoms with Crippen molar-refractivity contribution in [3.8, 4) is 0 Å². The number of nitrogens with zero attached hydrogens (tertiary/aromatic N) is 2. The third-order valence-corrected chi connectivity index (χ3v) is 5.05. The molecular weight excluding hydrogens is 234 g/mol. The van der Waals surface area contributed by atoms with Gasteiger partial charge < -0.3 is 15.1 Å². The van der Waals surface area contributed by atoms with Crippen LogP contribution in [0, 0.1) is 5.92 Å². The molecule has 19 heavy (non-hydrogen) atoms. The number of nitrogens with one attached hydrogen (secondary N) is 1. The molecule has 2 fully saturated rings. The second kappa shape index (κ2) is 8.23. The lowest BCUT2D eigenvalue weighted by molar-refractivity contribution is 0.147. The third kappa shape index (κ3) is 4.73. The van der Waals surface area contributed by atoms with Crippen LogP contribution in [-0.4, -0.2) is 61.7 Å². The van der Waals surface area contributed by atoms with Gasteiger partial charge in [-0.15, -0.1) is 0 Å². The summed E-state index contributed by atoms with van der Waals surface area (Å²) in [7, 11) is 0. The average molecular weight is 267 g/mol. The standard InChI is InChI=1S/C16H33N3/c1-3-18-11-6-8-16(9-12-18)19(4-2)14-15-7-5-10-17-13-15/h15-17H,3-14H2,1-2H3. The molecule has 2 rings (SSSR count). The first-order valence-electron chi connectivity index (χ1n) is 8.50. The number of likely N-dealkylation sites (tertiary alicyclic amines) is 1. The summed E-state index contributed by atoms with van der Waals surface area (Å²) in [6.07, 6.45) is 6.97. The van der Waals surface area contributed by atoms with Crippen molar-refractivity contribution in [2.45, 2.75) is 52.0 Å². The Bertz CT molecular complexity index is 238. The van der Waals surface area contributed by atoms with Crippen molar-refractivity contribution >= 4 is 0 Å². The zero-order valence-corrected chi connectivity index (χ0v) is 13.0. The summed E-state index contributed by atoms with van der Waals surface area (Å²) in [6.45, 7) is 13.5. The fraction of sp³-hybridized carbons (Fsp3) is 1.00. The first kappa shape index (κ1) is 15.3. The summed E-state index contributed by atoms with van der Waals surface area (Å²) in [6, 6.07) is 0.837. The van der Waals surface area contributed by atoms with Crippen LogP contribution in [0.15, 0.2) is 0 Å². The quantitative estimate of drug-likeness (QED) is 0.824. The van der Waals surface area contributed by atoms with E-state index in [2.05, 4.69) is 29.0 Å². The van der Waals surface area contributed by atoms with E-state index in [9.17, 15) is 0 Å². The predicted octanol–water partition coefficient (Wildman–Crippen LogP) is 2.18. The molecule has 0 aromatic rings. The molecule has 0 amide bonds. The molecule has 2 aliphatic rings. The van der Waals surface area contributed by atoms with E-state index in [1.165, 1.54) is 77.9 Å². The van der Waals surface area contributed by atoms with Crippen molar-refractivity contribution in [2.75, 3.05) is 45.8 Å². The maximum Gasteiger partial charge on any atom is 0.0108 e. The molecular formula is C16H33N3. The molecule has 2 aliphatic heterocycles. The minimum atomic E-state index is 0.837. The minimum absolute atomic E-state index is 0.837. The van der Waals surface area contributed by atoms with E-state index in [1.807, 2.05) is 0 Å². The highest BCUT2D eigenvalue weighted by Gasteiger charge is 2.24. The fourth-order valence-electron chi connectivity index (χ4n) is 3.77. The smallest absolute Gasteiger partial charge is 0.0108 e. The Labute approximate surface area is 119 Å². The molecule has 2 heterocycles. The summed E-state index contributed by atoms with van der Waals surface area (Å²) in [5.74, 6) is 0.888. The van der Waals surface area contributed by atoms with Crippen LogP contribution >= 0.6 is 0 Å². The van der Waals surface area contributed by atoms with Crippen molar-refractivity contribution in [3.63, 3.8) is 0 Å². The first-order valence-corrected chi connectivity index (χ1v) is 8.50. The van der Waals surface area contributed by atoms with Crippen LogP contribution in [0.3, 0.4) is 0 Å². The fourth-order valence-corrected chi connectivity index (χ4v) is 3.77. The summed E-state index contributed by atoms with van der Waals surface area (Å²) >= 11 is 0. The summed E-state index contributed by atoms with van der Waals surface area (Å²) in [5.41, 5.74) is 0. The van der Waals surface area contributed by atoms with Crippen LogP contribution in [0.25, 0.3) is 0 Å². The molecule has 2 atom stereocenters. The van der Waals surface area contributed by atoms with Gasteiger partial charge in [-0.3, -0.25) is 0 Å². The molecule has 112 valence electrons. The van der Waals surface area contributed by atoms with Gasteiger partial charge in [0.25, 0.3) is 0 Å². The van der Waals surface area contributed by atoms with Gasteiger partial charge in [-0.25, -0.2) is 0 Å². The monoisotopic (exact) mass is 267 g/mol. The molecule has 0 radical (unpaired) electrons. The summed E-state index contributed by atoms with van der Waals surface area (Å²) in [4.78, 5) is 5.40. The van der Waals surface area contributed by atoms with Crippen LogP contribution < -0.4 is 5.32 Å². The number of piperidine rings is 1. The van der Waals surface area contributed by atoms with Crippen LogP contribution in [0.5, 0.6) is 0 Å². The van der Waals surface area contributed by atoms with E-state index >= 15 is 0 Å². The largest absolute Gasteiger partial charge is 0.316 e. The molecule has 0 aromatic carbocycles. The molecule has 0 aromatic heterocycles. The zero-order chi connectivity index (χ0) is 13.5. The lowest BCUT2D eigenvalue weighted by Crippen LogP contribution is -2.43. The van der Waals surface area contributed by atoms with Crippen molar-refractivity contribution in [2.24, 2.45) is 5.92 Å². The molecule has 2 unspecified atom stereocenters. The highest BCUT2D eigenvalue weighted by Crippen LogP contribution is 2.20. The third-order valence-electron chi connectivity index (χ3n) is 5.05.